The molecule has 0 spiro atoms. The maximum atomic E-state index is 10.9. The third-order valence-corrected chi connectivity index (χ3v) is 10.6. The van der Waals surface area contributed by atoms with Gasteiger partial charge in [-0.2, -0.15) is 0 Å². The van der Waals surface area contributed by atoms with Gasteiger partial charge < -0.3 is 5.11 Å². The predicted molar refractivity (Wildman–Crippen MR) is 190 cm³/mol. The highest BCUT2D eigenvalue weighted by Crippen LogP contribution is 2.45. The predicted octanol–water partition coefficient (Wildman–Crippen LogP) is 9.49. The molecule has 0 aliphatic heterocycles. The zero-order valence-electron chi connectivity index (χ0n) is 24.8. The molecule has 0 radical (unpaired) electrons. The molecule has 7 aromatic rings. The van der Waals surface area contributed by atoms with Gasteiger partial charge in [0.25, 0.3) is 0 Å². The SMILES string of the molecule is Cc1cc(C)c(O)c(C=Nc2ccc3ccccc3c2-c2c(P(c3ccccc3)c3ccccc3)ccc3ccccc23)c1. The summed E-state index contributed by atoms with van der Waals surface area (Å²) in [6.07, 6.45) is 1.81. The van der Waals surface area contributed by atoms with Crippen molar-refractivity contribution >= 4 is 57.3 Å². The second kappa shape index (κ2) is 11.9. The van der Waals surface area contributed by atoms with E-state index < -0.39 is 7.92 Å². The van der Waals surface area contributed by atoms with Gasteiger partial charge in [0.1, 0.15) is 5.75 Å². The van der Waals surface area contributed by atoms with E-state index in [2.05, 4.69) is 133 Å². The van der Waals surface area contributed by atoms with E-state index in [1.165, 1.54) is 37.6 Å². The number of aryl methyl sites for hydroxylation is 2. The van der Waals surface area contributed by atoms with Gasteiger partial charge in [0, 0.05) is 22.9 Å². The standard InChI is InChI=1S/C41H32NOP/c1-28-25-29(2)41(43)32(26-28)27-42-37-23-21-30-13-9-11-19-35(30)39(37)40-36-20-12-10-14-31(36)22-24-38(40)44(33-15-5-3-6-16-33)34-17-7-4-8-18-34/h3-27,43H,1-2H3. The zero-order chi connectivity index (χ0) is 30.0. The number of rotatable bonds is 6. The Hall–Kier alpha value is -5.04. The molecule has 0 bridgehead atoms. The number of benzene rings is 7. The number of aliphatic imine (C=N–C) groups is 1. The van der Waals surface area contributed by atoms with Crippen molar-refractivity contribution in [3.8, 4) is 16.9 Å². The summed E-state index contributed by atoms with van der Waals surface area (Å²) in [6.45, 7) is 3.97. The molecule has 0 amide bonds. The van der Waals surface area contributed by atoms with Crippen LogP contribution in [-0.4, -0.2) is 11.3 Å². The number of fused-ring (bicyclic) bond motifs is 2. The second-order valence-electron chi connectivity index (χ2n) is 11.1. The molecule has 0 atom stereocenters. The van der Waals surface area contributed by atoms with Crippen molar-refractivity contribution in [2.24, 2.45) is 4.99 Å². The first-order chi connectivity index (χ1) is 21.6. The fourth-order valence-electron chi connectivity index (χ4n) is 6.15. The van der Waals surface area contributed by atoms with Crippen LogP contribution in [0.1, 0.15) is 16.7 Å². The number of nitrogens with zero attached hydrogens (tertiary/aromatic N) is 1. The molecule has 44 heavy (non-hydrogen) atoms. The van der Waals surface area contributed by atoms with E-state index in [0.717, 1.165) is 33.3 Å². The molecule has 212 valence electrons. The summed E-state index contributed by atoms with van der Waals surface area (Å²) in [7, 11) is -0.890. The van der Waals surface area contributed by atoms with Crippen LogP contribution in [0, 0.1) is 13.8 Å². The van der Waals surface area contributed by atoms with Crippen LogP contribution < -0.4 is 15.9 Å². The Labute approximate surface area is 259 Å². The van der Waals surface area contributed by atoms with Crippen molar-refractivity contribution in [1.29, 1.82) is 0 Å². The number of hydrogen-bond acceptors (Lipinski definition) is 2. The van der Waals surface area contributed by atoms with Crippen molar-refractivity contribution in [2.75, 3.05) is 0 Å². The average molecular weight is 586 g/mol. The Morgan fingerprint density at radius 3 is 1.75 bits per heavy atom. The van der Waals surface area contributed by atoms with Crippen LogP contribution in [0.25, 0.3) is 32.7 Å². The molecule has 3 heteroatoms. The zero-order valence-corrected chi connectivity index (χ0v) is 25.7. The van der Waals surface area contributed by atoms with Crippen molar-refractivity contribution in [1.82, 2.24) is 0 Å². The molecule has 0 aliphatic carbocycles. The summed E-state index contributed by atoms with van der Waals surface area (Å²) in [5, 5.41) is 19.5. The molecule has 0 fully saturated rings. The smallest absolute Gasteiger partial charge is 0.127 e. The van der Waals surface area contributed by atoms with Crippen LogP contribution in [0.4, 0.5) is 5.69 Å². The normalized spacial score (nSPS) is 11.6. The third-order valence-electron chi connectivity index (χ3n) is 8.15. The maximum absolute atomic E-state index is 10.9. The van der Waals surface area contributed by atoms with E-state index in [0.29, 0.717) is 0 Å². The van der Waals surface area contributed by atoms with E-state index in [1.807, 2.05) is 32.2 Å². The summed E-state index contributed by atoms with van der Waals surface area (Å²) >= 11 is 0. The van der Waals surface area contributed by atoms with Gasteiger partial charge in [-0.05, 0) is 82.5 Å². The van der Waals surface area contributed by atoms with Gasteiger partial charge in [0.05, 0.1) is 5.69 Å². The molecule has 2 nitrogen and oxygen atoms in total. The first-order valence-corrected chi connectivity index (χ1v) is 16.2. The van der Waals surface area contributed by atoms with Crippen LogP contribution in [0.3, 0.4) is 0 Å². The molecular weight excluding hydrogens is 553 g/mol. The van der Waals surface area contributed by atoms with Gasteiger partial charge in [0.2, 0.25) is 0 Å². The molecule has 0 saturated heterocycles. The second-order valence-corrected chi connectivity index (χ2v) is 13.3. The highest BCUT2D eigenvalue weighted by molar-refractivity contribution is 7.80. The molecule has 0 heterocycles. The number of hydrogen-bond donors (Lipinski definition) is 1. The van der Waals surface area contributed by atoms with Gasteiger partial charge in [-0.3, -0.25) is 4.99 Å². The summed E-state index contributed by atoms with van der Waals surface area (Å²) in [6, 6.07) is 51.8. The fraction of sp³-hybridized carbons (Fsp3) is 0.0488. The largest absolute Gasteiger partial charge is 0.507 e. The van der Waals surface area contributed by atoms with Gasteiger partial charge in [0.15, 0.2) is 0 Å². The minimum absolute atomic E-state index is 0.268. The number of aromatic hydroxyl groups is 1. The highest BCUT2D eigenvalue weighted by atomic mass is 31.1. The molecule has 0 aromatic heterocycles. The lowest BCUT2D eigenvalue weighted by atomic mass is 9.92. The van der Waals surface area contributed by atoms with Gasteiger partial charge in [-0.15, -0.1) is 0 Å². The Morgan fingerprint density at radius 2 is 1.11 bits per heavy atom. The lowest BCUT2D eigenvalue weighted by Crippen LogP contribution is -2.22. The Bertz CT molecular complexity index is 2110. The van der Waals surface area contributed by atoms with E-state index in [9.17, 15) is 5.11 Å². The van der Waals surface area contributed by atoms with Crippen LogP contribution in [0.5, 0.6) is 5.75 Å². The molecule has 0 saturated carbocycles. The quantitative estimate of drug-likeness (QED) is 0.153. The van der Waals surface area contributed by atoms with E-state index in [4.69, 9.17) is 4.99 Å². The van der Waals surface area contributed by atoms with Gasteiger partial charge in [-0.1, -0.05) is 133 Å². The van der Waals surface area contributed by atoms with Gasteiger partial charge in [-0.25, -0.2) is 0 Å². The molecule has 7 rings (SSSR count). The van der Waals surface area contributed by atoms with E-state index in [-0.39, 0.29) is 5.75 Å². The Balaban J connectivity index is 1.57. The monoisotopic (exact) mass is 585 g/mol. The maximum Gasteiger partial charge on any atom is 0.127 e. The van der Waals surface area contributed by atoms with Crippen LogP contribution in [-0.2, 0) is 0 Å². The number of phenolic OH excluding ortho intramolecular Hbond substituents is 1. The van der Waals surface area contributed by atoms with E-state index in [1.54, 1.807) is 0 Å². The van der Waals surface area contributed by atoms with Crippen LogP contribution in [0.15, 0.2) is 151 Å². The molecule has 0 unspecified atom stereocenters. The molecular formula is C41H32NOP. The van der Waals surface area contributed by atoms with Crippen LogP contribution in [0.2, 0.25) is 0 Å². The summed E-state index contributed by atoms with van der Waals surface area (Å²) in [5.41, 5.74) is 5.84. The average Bonchev–Trinajstić information content (AvgIpc) is 3.06. The highest BCUT2D eigenvalue weighted by Gasteiger charge is 2.24. The summed E-state index contributed by atoms with van der Waals surface area (Å²) in [4.78, 5) is 5.12. The molecule has 1 N–H and O–H groups in total. The van der Waals surface area contributed by atoms with Crippen molar-refractivity contribution in [3.05, 3.63) is 162 Å². The van der Waals surface area contributed by atoms with Crippen molar-refractivity contribution in [2.45, 2.75) is 13.8 Å². The summed E-state index contributed by atoms with van der Waals surface area (Å²) < 4.78 is 0. The molecule has 7 aromatic carbocycles. The number of phenols is 1. The lowest BCUT2D eigenvalue weighted by Gasteiger charge is -2.25. The Kier molecular flexibility index (Phi) is 7.52. The van der Waals surface area contributed by atoms with Crippen LogP contribution >= 0.6 is 7.92 Å². The minimum atomic E-state index is -0.890. The van der Waals surface area contributed by atoms with Gasteiger partial charge >= 0.3 is 0 Å². The third kappa shape index (κ3) is 5.19. The first kappa shape index (κ1) is 27.8. The molecule has 0 aliphatic rings. The minimum Gasteiger partial charge on any atom is -0.507 e. The summed E-state index contributed by atoms with van der Waals surface area (Å²) in [5.74, 6) is 0.268. The Morgan fingerprint density at radius 1 is 0.568 bits per heavy atom. The lowest BCUT2D eigenvalue weighted by molar-refractivity contribution is 0.470. The fourth-order valence-corrected chi connectivity index (χ4v) is 8.63. The topological polar surface area (TPSA) is 32.6 Å². The van der Waals surface area contributed by atoms with Crippen molar-refractivity contribution < 1.29 is 5.11 Å². The van der Waals surface area contributed by atoms with Crippen molar-refractivity contribution in [3.63, 3.8) is 0 Å². The van der Waals surface area contributed by atoms with E-state index >= 15 is 0 Å². The first-order valence-electron chi connectivity index (χ1n) is 14.9.